The lowest BCUT2D eigenvalue weighted by atomic mass is 10.2. The monoisotopic (exact) mass is 2000 g/mol. The zero-order valence-corrected chi connectivity index (χ0v) is 103. The summed E-state index contributed by atoms with van der Waals surface area (Å²) in [4.78, 5) is 8.45. The standard InChI is InChI=1S/C21H32S2Si2.C19H28O2S2Si2.C17H24S2Si2.C13H32S2Si2.C11H28S2Si2.C9H24S2Si2/c1-7-18-13-9-11-15-20(18)22-24(3,4)17-25(5,6)23-21-16-12-10-14-19(21)8-2;1-20-16-11-7-9-13-18(16)22-24(3,4)15-25(5,6)23-19-14-10-8-12-17(19)21-2;1-20(2,18-16-11-7-5-8-12-16)15-21(3,4)19-17-13-9-6-10-14-17;1-12(2,3)14-16(7,8)11-17(9,10)15-13(4,5)6;1-10(2)12-14(5,6)9-15(7,8)13-11(3)4;1-7-10-12(3,4)9-13(5,6)11-8-2/h9-16H,7-8,17H2,1-6H3;7-14H,15H2,1-6H3;5-14H,15H2,1-4H3;11H2,1-10H3;10-11H,9H2,1-8H3;7-9H2,1-6H3. The molecule has 0 saturated carbocycles. The number of aryl methyl sites for hydroxylation is 2. The average molecular weight is 2000 g/mol. The summed E-state index contributed by atoms with van der Waals surface area (Å²) >= 11 is 26.4. The molecule has 0 radical (unpaired) electrons. The molecule has 660 valence electrons. The van der Waals surface area contributed by atoms with Crippen LogP contribution in [0.2, 0.25) is 191 Å². The highest BCUT2D eigenvalue weighted by atomic mass is 32.4. The Kier molecular flexibility index (Phi) is 52.9. The molecule has 2 nitrogen and oxygen atoms in total. The number of para-hydroxylation sites is 2. The number of rotatable bonds is 38. The summed E-state index contributed by atoms with van der Waals surface area (Å²) < 4.78 is 11.9. The van der Waals surface area contributed by atoms with Gasteiger partial charge in [-0.05, 0) is 141 Å². The highest BCUT2D eigenvalue weighted by Gasteiger charge is 2.41. The number of hydrogen-bond donors (Lipinski definition) is 0. The van der Waals surface area contributed by atoms with Gasteiger partial charge in [0.05, 0.1) is 14.2 Å². The summed E-state index contributed by atoms with van der Waals surface area (Å²) in [6.45, 7) is 93.4. The van der Waals surface area contributed by atoms with Crippen LogP contribution in [-0.2, 0) is 12.8 Å². The summed E-state index contributed by atoms with van der Waals surface area (Å²) in [5.74, 6) is 4.59. The molecular formula is C90H168O2S12Si12. The quantitative estimate of drug-likeness (QED) is 0.0343. The van der Waals surface area contributed by atoms with E-state index in [1.54, 1.807) is 25.6 Å². The third kappa shape index (κ3) is 55.5. The fourth-order valence-electron chi connectivity index (χ4n) is 16.3. The number of methoxy groups -OCH3 is 2. The minimum atomic E-state index is -1.47. The van der Waals surface area contributed by atoms with Crippen molar-refractivity contribution in [2.75, 3.05) is 25.7 Å². The van der Waals surface area contributed by atoms with Crippen molar-refractivity contribution in [2.24, 2.45) is 0 Å². The van der Waals surface area contributed by atoms with Crippen molar-refractivity contribution in [1.29, 1.82) is 0 Å². The molecule has 26 heteroatoms. The summed E-state index contributed by atoms with van der Waals surface area (Å²) in [7, 11) is -10.8. The van der Waals surface area contributed by atoms with Crippen LogP contribution in [0.15, 0.2) is 187 Å². The number of hydrogen-bond acceptors (Lipinski definition) is 14. The molecule has 0 atom stereocenters. The lowest BCUT2D eigenvalue weighted by Gasteiger charge is -2.38. The van der Waals surface area contributed by atoms with Gasteiger partial charge in [-0.15, -0.1) is 22.4 Å². The molecule has 6 aromatic rings. The minimum absolute atomic E-state index is 0.423. The molecule has 0 aliphatic rings. The van der Waals surface area contributed by atoms with Gasteiger partial charge in [-0.1, -0.05) is 351 Å². The zero-order chi connectivity index (χ0) is 89.3. The predicted octanol–water partition coefficient (Wildman–Crippen LogP) is 36.4. The van der Waals surface area contributed by atoms with E-state index in [9.17, 15) is 0 Å². The lowest BCUT2D eigenvalue weighted by molar-refractivity contribution is 0.405. The van der Waals surface area contributed by atoms with Crippen LogP contribution >= 0.6 is 135 Å². The van der Waals surface area contributed by atoms with Crippen molar-refractivity contribution in [2.45, 2.75) is 350 Å². The molecular weight excluding hydrogens is 1830 g/mol. The highest BCUT2D eigenvalue weighted by molar-refractivity contribution is 8.36. The van der Waals surface area contributed by atoms with E-state index >= 15 is 0 Å². The zero-order valence-electron chi connectivity index (χ0n) is 81.0. The van der Waals surface area contributed by atoms with Crippen LogP contribution in [0.5, 0.6) is 11.5 Å². The maximum atomic E-state index is 5.54. The van der Waals surface area contributed by atoms with Crippen LogP contribution in [0.4, 0.5) is 0 Å². The normalized spacial score (nSPS) is 13.1. The van der Waals surface area contributed by atoms with Gasteiger partial charge in [-0.25, -0.2) is 0 Å². The minimum Gasteiger partial charge on any atom is -0.496 e. The van der Waals surface area contributed by atoms with Crippen molar-refractivity contribution in [1.82, 2.24) is 0 Å². The van der Waals surface area contributed by atoms with Crippen LogP contribution in [0.3, 0.4) is 0 Å². The average Bonchev–Trinajstić information content (AvgIpc) is 0.833. The van der Waals surface area contributed by atoms with E-state index in [2.05, 4.69) is 512 Å². The molecule has 0 spiro atoms. The Hall–Kier alpha value is 1.72. The van der Waals surface area contributed by atoms with Crippen molar-refractivity contribution in [3.8, 4) is 11.5 Å². The number of benzene rings is 6. The maximum absolute atomic E-state index is 5.54. The third-order valence-corrected chi connectivity index (χ3v) is 121. The smallest absolute Gasteiger partial charge is 0.131 e. The van der Waals surface area contributed by atoms with E-state index < -0.39 is 86.7 Å². The van der Waals surface area contributed by atoms with Gasteiger partial charge in [-0.2, -0.15) is 112 Å². The Labute approximate surface area is 777 Å². The van der Waals surface area contributed by atoms with Crippen LogP contribution in [0.1, 0.15) is 108 Å². The maximum Gasteiger partial charge on any atom is 0.131 e. The third-order valence-electron chi connectivity index (χ3n) is 17.1. The topological polar surface area (TPSA) is 18.5 Å². The molecule has 0 unspecified atom stereocenters. The molecule has 0 N–H and O–H groups in total. The van der Waals surface area contributed by atoms with Gasteiger partial charge < -0.3 is 9.47 Å². The molecule has 0 heterocycles. The Balaban J connectivity index is 0.000000707. The van der Waals surface area contributed by atoms with E-state index in [4.69, 9.17) is 9.47 Å². The van der Waals surface area contributed by atoms with Crippen LogP contribution in [0, 0.1) is 0 Å². The Bertz CT molecular complexity index is 3340. The molecule has 6 rings (SSSR count). The van der Waals surface area contributed by atoms with Gasteiger partial charge in [0.25, 0.3) is 0 Å². The van der Waals surface area contributed by atoms with Gasteiger partial charge >= 0.3 is 0 Å². The van der Waals surface area contributed by atoms with E-state index in [1.165, 1.54) is 74.7 Å². The lowest BCUT2D eigenvalue weighted by Crippen LogP contribution is -2.40. The fraction of sp³-hybridized carbons (Fsp3) is 0.600. The second-order valence-corrected chi connectivity index (χ2v) is 150. The van der Waals surface area contributed by atoms with Gasteiger partial charge in [0.1, 0.15) is 98.2 Å². The summed E-state index contributed by atoms with van der Waals surface area (Å²) in [6.07, 6.45) is 2.26. The molecule has 0 aliphatic heterocycles. The Morgan fingerprint density at radius 1 is 0.267 bits per heavy atom. The fourth-order valence-corrected chi connectivity index (χ4v) is 172. The van der Waals surface area contributed by atoms with Crippen LogP contribution in [-0.4, -0.2) is 132 Å². The first kappa shape index (κ1) is 116. The van der Waals surface area contributed by atoms with Crippen molar-refractivity contribution < 1.29 is 9.47 Å². The van der Waals surface area contributed by atoms with Crippen molar-refractivity contribution >= 4 is 221 Å². The first-order valence-electron chi connectivity index (χ1n) is 42.6. The van der Waals surface area contributed by atoms with Crippen molar-refractivity contribution in [3.05, 3.63) is 169 Å². The molecule has 0 aromatic heterocycles. The van der Waals surface area contributed by atoms with Crippen LogP contribution < -0.4 is 9.47 Å². The second kappa shape index (κ2) is 53.0. The molecule has 6 aromatic carbocycles. The molecule has 0 amide bonds. The predicted molar refractivity (Wildman–Crippen MR) is 601 cm³/mol. The van der Waals surface area contributed by atoms with E-state index in [-0.39, 0.29) is 0 Å². The molecule has 0 saturated heterocycles. The van der Waals surface area contributed by atoms with Crippen molar-refractivity contribution in [3.63, 3.8) is 0 Å². The van der Waals surface area contributed by atoms with Gasteiger partial charge in [0.15, 0.2) is 0 Å². The highest BCUT2D eigenvalue weighted by Crippen LogP contribution is 2.49. The Morgan fingerprint density at radius 3 is 0.750 bits per heavy atom. The number of ether oxygens (including phenoxy) is 2. The first-order valence-corrected chi connectivity index (χ1v) is 100. The summed E-state index contributed by atoms with van der Waals surface area (Å²) in [5.41, 5.74) is 11.8. The Morgan fingerprint density at radius 2 is 0.491 bits per heavy atom. The summed E-state index contributed by atoms with van der Waals surface area (Å²) in [5, 5.41) is 1.61. The van der Waals surface area contributed by atoms with Gasteiger partial charge in [0, 0.05) is 38.9 Å². The van der Waals surface area contributed by atoms with E-state index in [0.717, 1.165) is 34.8 Å². The largest absolute Gasteiger partial charge is 0.496 e. The van der Waals surface area contributed by atoms with E-state index in [1.807, 2.05) is 34.6 Å². The molecule has 116 heavy (non-hydrogen) atoms. The van der Waals surface area contributed by atoms with E-state index in [0.29, 0.717) is 9.49 Å². The molecule has 0 fully saturated rings. The molecule has 0 aliphatic carbocycles. The van der Waals surface area contributed by atoms with Gasteiger partial charge in [0.2, 0.25) is 0 Å². The first-order chi connectivity index (χ1) is 52.9. The van der Waals surface area contributed by atoms with Crippen LogP contribution in [0.25, 0.3) is 0 Å². The SMILES string of the molecule is CC(C)(C)S[Si](C)(C)C[Si](C)(C)SC(C)(C)C.CC(C)S[Si](C)(C)C[Si](C)(C)SC(C)C.CCS[Si](C)(C)C[Si](C)(C)SCC.CCc1ccccc1S[Si](C)(C)C[Si](C)(C)Sc1ccccc1CC.COc1ccccc1S[Si](C)(C)C[Si](C)(C)Sc1ccccc1OC.C[Si](C)(C[Si](C)(C)Sc1ccccc1)Sc1ccccc1. The van der Waals surface area contributed by atoms with Gasteiger partial charge in [-0.3, -0.25) is 0 Å². The second-order valence-electron chi connectivity index (χ2n) is 40.3. The molecule has 0 bridgehead atoms. The summed E-state index contributed by atoms with van der Waals surface area (Å²) in [6, 6.07) is 56.5.